The second kappa shape index (κ2) is 14.0. The molecule has 0 N–H and O–H groups in total. The Balaban J connectivity index is 1.77. The zero-order chi connectivity index (χ0) is 38.9. The topological polar surface area (TPSA) is 44.0 Å². The molecule has 4 nitrogen and oxygen atoms in total. The second-order valence-corrected chi connectivity index (χ2v) is 17.3. The van der Waals surface area contributed by atoms with E-state index < -0.39 is 0 Å². The zero-order valence-electron chi connectivity index (χ0n) is 34.3. The van der Waals surface area contributed by atoms with Crippen LogP contribution in [-0.2, 0) is 0 Å². The highest BCUT2D eigenvalue weighted by atomic mass is 16.1. The molecule has 0 unspecified atom stereocenters. The van der Waals surface area contributed by atoms with Crippen molar-refractivity contribution >= 4 is 43.6 Å². The molecular weight excluding hydrogens is 661 g/mol. The highest BCUT2D eigenvalue weighted by molar-refractivity contribution is 6.05. The van der Waals surface area contributed by atoms with Gasteiger partial charge in [0.1, 0.15) is 0 Å². The lowest BCUT2D eigenvalue weighted by Crippen LogP contribution is -2.18. The second-order valence-electron chi connectivity index (χ2n) is 17.3. The maximum absolute atomic E-state index is 14.9. The van der Waals surface area contributed by atoms with Crippen molar-refractivity contribution in [2.45, 2.75) is 119 Å². The number of fused-ring (bicyclic) bond motifs is 4. The Morgan fingerprint density at radius 3 is 0.926 bits per heavy atom. The van der Waals surface area contributed by atoms with Gasteiger partial charge in [-0.05, 0) is 105 Å². The van der Waals surface area contributed by atoms with Crippen LogP contribution in [0.15, 0.2) is 94.5 Å². The first-order chi connectivity index (χ1) is 25.6. The number of pyridine rings is 2. The quantitative estimate of drug-likeness (QED) is 0.147. The van der Waals surface area contributed by atoms with Gasteiger partial charge in [0.2, 0.25) is 0 Å². The van der Waals surface area contributed by atoms with E-state index >= 15 is 0 Å². The van der Waals surface area contributed by atoms with Gasteiger partial charge in [0, 0.05) is 21.5 Å². The van der Waals surface area contributed by atoms with Crippen LogP contribution in [0.3, 0.4) is 0 Å². The summed E-state index contributed by atoms with van der Waals surface area (Å²) in [4.78, 5) is 29.7. The number of para-hydroxylation sites is 2. The molecule has 0 amide bonds. The van der Waals surface area contributed by atoms with Crippen molar-refractivity contribution in [3.63, 3.8) is 0 Å². The molecule has 54 heavy (non-hydrogen) atoms. The number of rotatable bonds is 8. The Morgan fingerprint density at radius 2 is 0.648 bits per heavy atom. The number of hydrogen-bond donors (Lipinski definition) is 0. The number of nitrogens with zero attached hydrogens (tertiary/aromatic N) is 2. The average Bonchev–Trinajstić information content (AvgIpc) is 3.14. The summed E-state index contributed by atoms with van der Waals surface area (Å²) < 4.78 is 4.60. The molecule has 0 bridgehead atoms. The molecule has 7 rings (SSSR count). The molecule has 0 fully saturated rings. The molecular formula is C50H56N2O2. The first-order valence-electron chi connectivity index (χ1n) is 20.0. The van der Waals surface area contributed by atoms with Crippen molar-refractivity contribution in [3.8, 4) is 11.4 Å². The van der Waals surface area contributed by atoms with Gasteiger partial charge in [0.25, 0.3) is 0 Å². The van der Waals surface area contributed by atoms with Gasteiger partial charge < -0.3 is 9.13 Å². The van der Waals surface area contributed by atoms with Crippen LogP contribution in [0.4, 0.5) is 0 Å². The van der Waals surface area contributed by atoms with Crippen LogP contribution in [-0.4, -0.2) is 9.13 Å². The summed E-state index contributed by atoms with van der Waals surface area (Å²) >= 11 is 0. The Morgan fingerprint density at radius 1 is 0.352 bits per heavy atom. The summed E-state index contributed by atoms with van der Waals surface area (Å²) in [7, 11) is 0. The molecule has 0 saturated carbocycles. The molecule has 0 aliphatic rings. The number of aromatic nitrogens is 2. The fraction of sp³-hybridized carbons (Fsp3) is 0.360. The fourth-order valence-corrected chi connectivity index (χ4v) is 8.42. The maximum atomic E-state index is 14.9. The third kappa shape index (κ3) is 5.99. The van der Waals surface area contributed by atoms with E-state index in [1.807, 2.05) is 48.5 Å². The minimum Gasteiger partial charge on any atom is -0.308 e. The van der Waals surface area contributed by atoms with Gasteiger partial charge in [-0.15, -0.1) is 0 Å². The SMILES string of the molecule is CC(C)c1cc(C(C)C)c(-n2c3ccccc3c(=O)c3cc4c(cc32)c(=O)c2ccccc2n4-c2c(C(C)C)cc(C(C)C)cc2C(C)C)c(C(C)C)c1. The normalized spacial score (nSPS) is 12.5. The third-order valence-electron chi connectivity index (χ3n) is 11.5. The van der Waals surface area contributed by atoms with Crippen LogP contribution in [0.1, 0.15) is 152 Å². The first kappa shape index (κ1) is 37.4. The van der Waals surface area contributed by atoms with Crippen LogP contribution in [0, 0.1) is 0 Å². The zero-order valence-corrected chi connectivity index (χ0v) is 34.3. The van der Waals surface area contributed by atoms with Crippen molar-refractivity contribution in [1.82, 2.24) is 9.13 Å². The molecule has 0 aliphatic carbocycles. The van der Waals surface area contributed by atoms with Crippen LogP contribution in [0.2, 0.25) is 0 Å². The van der Waals surface area contributed by atoms with Gasteiger partial charge in [0.05, 0.1) is 33.4 Å². The highest BCUT2D eigenvalue weighted by Gasteiger charge is 2.26. The summed E-state index contributed by atoms with van der Waals surface area (Å²) in [5.74, 6) is 1.64. The van der Waals surface area contributed by atoms with Crippen molar-refractivity contribution in [2.24, 2.45) is 0 Å². The van der Waals surface area contributed by atoms with E-state index in [0.29, 0.717) is 33.4 Å². The predicted molar refractivity (Wildman–Crippen MR) is 232 cm³/mol. The minimum atomic E-state index is -0.0229. The van der Waals surface area contributed by atoms with Crippen molar-refractivity contribution in [3.05, 3.63) is 139 Å². The van der Waals surface area contributed by atoms with Crippen LogP contribution < -0.4 is 10.9 Å². The number of benzene rings is 5. The molecule has 0 saturated heterocycles. The molecule has 7 aromatic rings. The molecule has 5 aromatic carbocycles. The Bertz CT molecular complexity index is 2470. The number of hydrogen-bond acceptors (Lipinski definition) is 2. The minimum absolute atomic E-state index is 0.0229. The van der Waals surface area contributed by atoms with E-state index in [9.17, 15) is 9.59 Å². The Labute approximate surface area is 320 Å². The van der Waals surface area contributed by atoms with E-state index in [1.165, 1.54) is 33.4 Å². The summed E-state index contributed by atoms with van der Waals surface area (Å²) in [5.41, 5.74) is 13.0. The molecule has 2 heterocycles. The monoisotopic (exact) mass is 716 g/mol. The van der Waals surface area contributed by atoms with E-state index in [-0.39, 0.29) is 34.5 Å². The summed E-state index contributed by atoms with van der Waals surface area (Å²) in [6, 6.07) is 29.5. The van der Waals surface area contributed by atoms with Crippen molar-refractivity contribution < 1.29 is 0 Å². The molecule has 0 spiro atoms. The predicted octanol–water partition coefficient (Wildman–Crippen LogP) is 13.3. The van der Waals surface area contributed by atoms with Crippen LogP contribution in [0.25, 0.3) is 55.0 Å². The van der Waals surface area contributed by atoms with Gasteiger partial charge >= 0.3 is 0 Å². The fourth-order valence-electron chi connectivity index (χ4n) is 8.42. The lowest BCUT2D eigenvalue weighted by molar-refractivity contribution is 0.789. The molecule has 0 radical (unpaired) electrons. The molecule has 4 heteroatoms. The first-order valence-corrected chi connectivity index (χ1v) is 20.0. The van der Waals surface area contributed by atoms with Crippen molar-refractivity contribution in [2.75, 3.05) is 0 Å². The standard InChI is InChI=1S/C50H56N2O2/c1-27(2)33-21-37(29(5)6)47(38(22-33)30(7)8)51-43-19-15-13-17-35(43)49(53)41-26-46-42(25-45(41)51)50(54)36-18-14-16-20-44(36)52(46)48-39(31(9)10)23-34(28(3)4)24-40(48)32(11)12/h13-32H,1-12H3. The van der Waals surface area contributed by atoms with E-state index in [0.717, 1.165) is 33.4 Å². The Hall–Kier alpha value is -4.96. The largest absolute Gasteiger partial charge is 0.308 e. The van der Waals surface area contributed by atoms with Gasteiger partial charge in [-0.25, -0.2) is 0 Å². The van der Waals surface area contributed by atoms with E-state index in [4.69, 9.17) is 0 Å². The molecule has 2 aromatic heterocycles. The smallest absolute Gasteiger partial charge is 0.197 e. The van der Waals surface area contributed by atoms with Gasteiger partial charge in [-0.3, -0.25) is 9.59 Å². The molecule has 278 valence electrons. The highest BCUT2D eigenvalue weighted by Crippen LogP contribution is 2.41. The summed E-state index contributed by atoms with van der Waals surface area (Å²) in [6.45, 7) is 27.0. The summed E-state index contributed by atoms with van der Waals surface area (Å²) in [5, 5.41) is 2.56. The third-order valence-corrected chi connectivity index (χ3v) is 11.5. The van der Waals surface area contributed by atoms with Gasteiger partial charge in [0.15, 0.2) is 10.9 Å². The molecule has 0 atom stereocenters. The Kier molecular flexibility index (Phi) is 9.71. The van der Waals surface area contributed by atoms with Crippen molar-refractivity contribution in [1.29, 1.82) is 0 Å². The van der Waals surface area contributed by atoms with Crippen LogP contribution >= 0.6 is 0 Å². The van der Waals surface area contributed by atoms with Gasteiger partial charge in [-0.1, -0.05) is 132 Å². The lowest BCUT2D eigenvalue weighted by Gasteiger charge is -2.28. The van der Waals surface area contributed by atoms with Gasteiger partial charge in [-0.2, -0.15) is 0 Å². The average molecular weight is 717 g/mol. The summed E-state index contributed by atoms with van der Waals surface area (Å²) in [6.07, 6.45) is 0. The maximum Gasteiger partial charge on any atom is 0.197 e. The molecule has 0 aliphatic heterocycles. The van der Waals surface area contributed by atoms with E-state index in [1.54, 1.807) is 0 Å². The van der Waals surface area contributed by atoms with E-state index in [2.05, 4.69) is 129 Å². The lowest BCUT2D eigenvalue weighted by atomic mass is 9.86. The van der Waals surface area contributed by atoms with Crippen LogP contribution in [0.5, 0.6) is 0 Å².